The summed E-state index contributed by atoms with van der Waals surface area (Å²) in [6.07, 6.45) is 5.81. The third kappa shape index (κ3) is 4.19. The molecule has 0 aromatic carbocycles. The van der Waals surface area contributed by atoms with E-state index in [0.717, 1.165) is 6.42 Å². The van der Waals surface area contributed by atoms with E-state index < -0.39 is 0 Å². The Labute approximate surface area is 128 Å². The molecular formula is C14H18ClN5O. The summed E-state index contributed by atoms with van der Waals surface area (Å²) in [6.45, 7) is 1.28. The van der Waals surface area contributed by atoms with E-state index in [1.54, 1.807) is 35.4 Å². The van der Waals surface area contributed by atoms with Gasteiger partial charge < -0.3 is 10.2 Å². The summed E-state index contributed by atoms with van der Waals surface area (Å²) in [4.78, 5) is 18.2. The van der Waals surface area contributed by atoms with Gasteiger partial charge in [-0.25, -0.2) is 4.98 Å². The van der Waals surface area contributed by atoms with Crippen LogP contribution in [0.1, 0.15) is 16.8 Å². The lowest BCUT2D eigenvalue weighted by atomic mass is 10.2. The standard InChI is InChI=1S/C14H18ClN5O/c1-19(2)13-12(5-3-6-16-13)14(21)17-7-4-8-20-10-11(15)9-18-20/h3,5-6,9-10H,4,7-8H2,1-2H3,(H,17,21). The third-order valence-electron chi connectivity index (χ3n) is 2.91. The number of aromatic nitrogens is 3. The van der Waals surface area contributed by atoms with Gasteiger partial charge in [0.25, 0.3) is 5.91 Å². The van der Waals surface area contributed by atoms with Gasteiger partial charge in [0.15, 0.2) is 0 Å². The lowest BCUT2D eigenvalue weighted by Gasteiger charge is -2.15. The Morgan fingerprint density at radius 2 is 2.29 bits per heavy atom. The summed E-state index contributed by atoms with van der Waals surface area (Å²) < 4.78 is 1.75. The average Bonchev–Trinajstić information content (AvgIpc) is 2.89. The number of halogens is 1. The van der Waals surface area contributed by atoms with Crippen LogP contribution in [0, 0.1) is 0 Å². The number of carbonyl (C=O) groups excluding carboxylic acids is 1. The SMILES string of the molecule is CN(C)c1ncccc1C(=O)NCCCn1cc(Cl)cn1. The maximum absolute atomic E-state index is 12.2. The number of amides is 1. The van der Waals surface area contributed by atoms with Crippen molar-refractivity contribution in [3.63, 3.8) is 0 Å². The first-order valence-corrected chi connectivity index (χ1v) is 7.04. The van der Waals surface area contributed by atoms with E-state index in [4.69, 9.17) is 11.6 Å². The molecule has 2 aromatic rings. The molecule has 7 heteroatoms. The molecule has 0 atom stereocenters. The molecule has 0 radical (unpaired) electrons. The van der Waals surface area contributed by atoms with Gasteiger partial charge in [0, 0.05) is 39.6 Å². The van der Waals surface area contributed by atoms with Crippen molar-refractivity contribution in [2.75, 3.05) is 25.5 Å². The van der Waals surface area contributed by atoms with E-state index in [1.807, 2.05) is 19.0 Å². The zero-order chi connectivity index (χ0) is 15.2. The monoisotopic (exact) mass is 307 g/mol. The molecular weight excluding hydrogens is 290 g/mol. The smallest absolute Gasteiger partial charge is 0.255 e. The van der Waals surface area contributed by atoms with Crippen LogP contribution in [-0.4, -0.2) is 41.3 Å². The van der Waals surface area contributed by atoms with Crippen LogP contribution in [0.4, 0.5) is 5.82 Å². The minimum Gasteiger partial charge on any atom is -0.362 e. The molecule has 21 heavy (non-hydrogen) atoms. The Hall–Kier alpha value is -2.08. The first-order chi connectivity index (χ1) is 10.1. The van der Waals surface area contributed by atoms with Crippen LogP contribution < -0.4 is 10.2 Å². The molecule has 0 fully saturated rings. The van der Waals surface area contributed by atoms with E-state index in [0.29, 0.717) is 29.5 Å². The fourth-order valence-corrected chi connectivity index (χ4v) is 2.09. The van der Waals surface area contributed by atoms with Gasteiger partial charge >= 0.3 is 0 Å². The number of rotatable bonds is 6. The minimum atomic E-state index is -0.120. The van der Waals surface area contributed by atoms with Gasteiger partial charge in [-0.1, -0.05) is 11.6 Å². The average molecular weight is 308 g/mol. The van der Waals surface area contributed by atoms with E-state index in [2.05, 4.69) is 15.4 Å². The highest BCUT2D eigenvalue weighted by molar-refractivity contribution is 6.30. The highest BCUT2D eigenvalue weighted by Crippen LogP contribution is 2.13. The maximum Gasteiger partial charge on any atom is 0.255 e. The molecule has 0 saturated carbocycles. The van der Waals surface area contributed by atoms with Crippen molar-refractivity contribution < 1.29 is 4.79 Å². The Morgan fingerprint density at radius 3 is 2.95 bits per heavy atom. The Morgan fingerprint density at radius 1 is 1.48 bits per heavy atom. The van der Waals surface area contributed by atoms with E-state index in [-0.39, 0.29) is 5.91 Å². The van der Waals surface area contributed by atoms with E-state index in [9.17, 15) is 4.79 Å². The van der Waals surface area contributed by atoms with E-state index in [1.165, 1.54) is 0 Å². The molecule has 2 aromatic heterocycles. The Balaban J connectivity index is 1.85. The van der Waals surface area contributed by atoms with Crippen LogP contribution in [0.3, 0.4) is 0 Å². The number of hydrogen-bond acceptors (Lipinski definition) is 4. The van der Waals surface area contributed by atoms with Crippen molar-refractivity contribution in [3.05, 3.63) is 41.3 Å². The van der Waals surface area contributed by atoms with Crippen LogP contribution in [0.25, 0.3) is 0 Å². The second-order valence-corrected chi connectivity index (χ2v) is 5.24. The zero-order valence-corrected chi connectivity index (χ0v) is 12.8. The number of aryl methyl sites for hydroxylation is 1. The zero-order valence-electron chi connectivity index (χ0n) is 12.1. The van der Waals surface area contributed by atoms with Gasteiger partial charge in [-0.15, -0.1) is 0 Å². The van der Waals surface area contributed by atoms with Crippen molar-refractivity contribution >= 4 is 23.3 Å². The molecule has 1 amide bonds. The van der Waals surface area contributed by atoms with Gasteiger partial charge in [-0.05, 0) is 18.6 Å². The van der Waals surface area contributed by atoms with Gasteiger partial charge in [-0.2, -0.15) is 5.10 Å². The summed E-state index contributed by atoms with van der Waals surface area (Å²) in [5.41, 5.74) is 0.574. The predicted octanol–water partition coefficient (Wildman–Crippen LogP) is 1.82. The van der Waals surface area contributed by atoms with Crippen molar-refractivity contribution in [2.45, 2.75) is 13.0 Å². The van der Waals surface area contributed by atoms with E-state index >= 15 is 0 Å². The first kappa shape index (κ1) is 15.3. The largest absolute Gasteiger partial charge is 0.362 e. The summed E-state index contributed by atoms with van der Waals surface area (Å²) in [5.74, 6) is 0.541. The molecule has 1 N–H and O–H groups in total. The van der Waals surface area contributed by atoms with Crippen molar-refractivity contribution in [3.8, 4) is 0 Å². The molecule has 2 rings (SSSR count). The Kier molecular flexibility index (Phi) is 5.16. The first-order valence-electron chi connectivity index (χ1n) is 6.66. The lowest BCUT2D eigenvalue weighted by molar-refractivity contribution is 0.0953. The molecule has 0 saturated heterocycles. The molecule has 2 heterocycles. The van der Waals surface area contributed by atoms with Gasteiger partial charge in [0.2, 0.25) is 0 Å². The van der Waals surface area contributed by atoms with Crippen molar-refractivity contribution in [1.82, 2.24) is 20.1 Å². The number of nitrogens with one attached hydrogen (secondary N) is 1. The fraction of sp³-hybridized carbons (Fsp3) is 0.357. The second kappa shape index (κ2) is 7.08. The maximum atomic E-state index is 12.2. The Bertz CT molecular complexity index is 611. The van der Waals surface area contributed by atoms with Crippen LogP contribution in [-0.2, 0) is 6.54 Å². The summed E-state index contributed by atoms with van der Waals surface area (Å²) in [7, 11) is 3.72. The fourth-order valence-electron chi connectivity index (χ4n) is 1.93. The normalized spacial score (nSPS) is 10.4. The van der Waals surface area contributed by atoms with Gasteiger partial charge in [0.05, 0.1) is 16.8 Å². The lowest BCUT2D eigenvalue weighted by Crippen LogP contribution is -2.27. The van der Waals surface area contributed by atoms with Crippen LogP contribution in [0.2, 0.25) is 5.02 Å². The van der Waals surface area contributed by atoms with Crippen LogP contribution in [0.15, 0.2) is 30.7 Å². The molecule has 0 spiro atoms. The van der Waals surface area contributed by atoms with Crippen LogP contribution in [0.5, 0.6) is 0 Å². The molecule has 0 aliphatic heterocycles. The third-order valence-corrected chi connectivity index (χ3v) is 3.10. The van der Waals surface area contributed by atoms with Crippen LogP contribution >= 0.6 is 11.6 Å². The molecule has 0 bridgehead atoms. The topological polar surface area (TPSA) is 63.1 Å². The number of pyridine rings is 1. The summed E-state index contributed by atoms with van der Waals surface area (Å²) in [5, 5.41) is 7.59. The molecule has 0 aliphatic carbocycles. The summed E-state index contributed by atoms with van der Waals surface area (Å²) >= 11 is 5.79. The van der Waals surface area contributed by atoms with Gasteiger partial charge in [0.1, 0.15) is 5.82 Å². The molecule has 0 aliphatic rings. The number of anilines is 1. The highest BCUT2D eigenvalue weighted by Gasteiger charge is 2.12. The van der Waals surface area contributed by atoms with Crippen molar-refractivity contribution in [1.29, 1.82) is 0 Å². The molecule has 0 unspecified atom stereocenters. The van der Waals surface area contributed by atoms with Gasteiger partial charge in [-0.3, -0.25) is 9.48 Å². The number of hydrogen-bond donors (Lipinski definition) is 1. The predicted molar refractivity (Wildman–Crippen MR) is 82.8 cm³/mol. The summed E-state index contributed by atoms with van der Waals surface area (Å²) in [6, 6.07) is 3.53. The minimum absolute atomic E-state index is 0.120. The second-order valence-electron chi connectivity index (χ2n) is 4.80. The molecule has 6 nitrogen and oxygen atoms in total. The quantitative estimate of drug-likeness (QED) is 0.827. The number of carbonyl (C=O) groups is 1. The highest BCUT2D eigenvalue weighted by atomic mass is 35.5. The number of nitrogens with zero attached hydrogens (tertiary/aromatic N) is 4. The van der Waals surface area contributed by atoms with Crippen molar-refractivity contribution in [2.24, 2.45) is 0 Å². The molecule has 112 valence electrons.